The van der Waals surface area contributed by atoms with Gasteiger partial charge in [-0.15, -0.1) is 0 Å². The molecule has 10 heteroatoms. The highest BCUT2D eigenvalue weighted by molar-refractivity contribution is 5.81. The van der Waals surface area contributed by atoms with E-state index in [4.69, 9.17) is 9.84 Å². The summed E-state index contributed by atoms with van der Waals surface area (Å²) in [6.45, 7) is 1.55. The van der Waals surface area contributed by atoms with Gasteiger partial charge in [0.15, 0.2) is 0 Å². The van der Waals surface area contributed by atoms with Crippen LogP contribution in [0.1, 0.15) is 43.2 Å². The first kappa shape index (κ1) is 26.1. The lowest BCUT2D eigenvalue weighted by Gasteiger charge is -2.23. The van der Waals surface area contributed by atoms with Crippen molar-refractivity contribution in [3.63, 3.8) is 0 Å². The van der Waals surface area contributed by atoms with E-state index < -0.39 is 42.5 Å². The predicted molar refractivity (Wildman–Crippen MR) is 122 cm³/mol. The summed E-state index contributed by atoms with van der Waals surface area (Å²) in [6, 6.07) is 13.1. The zero-order chi connectivity index (χ0) is 25.6. The lowest BCUT2D eigenvalue weighted by molar-refractivity contribution is -0.171. The van der Waals surface area contributed by atoms with E-state index in [0.29, 0.717) is 6.42 Å². The summed E-state index contributed by atoms with van der Waals surface area (Å²) in [4.78, 5) is 35.5. The van der Waals surface area contributed by atoms with Crippen LogP contribution in [0.5, 0.6) is 0 Å². The van der Waals surface area contributed by atoms with Gasteiger partial charge in [0.25, 0.3) is 0 Å². The minimum absolute atomic E-state index is 0.0548. The summed E-state index contributed by atoms with van der Waals surface area (Å²) < 4.78 is 44.7. The van der Waals surface area contributed by atoms with Gasteiger partial charge in [0.1, 0.15) is 12.6 Å². The molecule has 0 aromatic heterocycles. The lowest BCUT2D eigenvalue weighted by atomic mass is 9.98. The molecule has 2 aromatic carbocycles. The van der Waals surface area contributed by atoms with Gasteiger partial charge in [0, 0.05) is 12.5 Å². The Morgan fingerprint density at radius 2 is 1.60 bits per heavy atom. The first-order valence-electron chi connectivity index (χ1n) is 11.3. The van der Waals surface area contributed by atoms with Gasteiger partial charge in [0.05, 0.1) is 12.3 Å². The normalized spacial score (nSPS) is 14.4. The highest BCUT2D eigenvalue weighted by atomic mass is 19.4. The number of carbonyl (C=O) groups excluding carboxylic acids is 2. The fourth-order valence-electron chi connectivity index (χ4n) is 4.24. The van der Waals surface area contributed by atoms with E-state index >= 15 is 0 Å². The largest absolute Gasteiger partial charge is 0.481 e. The highest BCUT2D eigenvalue weighted by Gasteiger charge is 2.42. The third-order valence-corrected chi connectivity index (χ3v) is 5.93. The van der Waals surface area contributed by atoms with Crippen molar-refractivity contribution in [2.45, 2.75) is 44.3 Å². The first-order chi connectivity index (χ1) is 16.6. The Labute approximate surface area is 200 Å². The molecule has 2 aromatic rings. The second kappa shape index (κ2) is 11.2. The molecule has 0 heterocycles. The van der Waals surface area contributed by atoms with Gasteiger partial charge < -0.3 is 20.5 Å². The Hall–Kier alpha value is -3.56. The van der Waals surface area contributed by atoms with Gasteiger partial charge in [-0.3, -0.25) is 9.59 Å². The molecule has 1 aliphatic carbocycles. The molecule has 0 spiro atoms. The molecule has 188 valence electrons. The summed E-state index contributed by atoms with van der Waals surface area (Å²) in [5, 5.41) is 12.9. The number of ether oxygens (including phenoxy) is 1. The number of rotatable bonds is 10. The fourth-order valence-corrected chi connectivity index (χ4v) is 4.24. The minimum Gasteiger partial charge on any atom is -0.481 e. The molecule has 3 rings (SSSR count). The third-order valence-electron chi connectivity index (χ3n) is 5.93. The van der Waals surface area contributed by atoms with Crippen LogP contribution in [0.4, 0.5) is 18.0 Å². The van der Waals surface area contributed by atoms with Crippen LogP contribution in [0, 0.1) is 5.92 Å². The average molecular weight is 492 g/mol. The number of hydrogen-bond donors (Lipinski definition) is 3. The minimum atomic E-state index is -4.91. The zero-order valence-corrected chi connectivity index (χ0v) is 19.1. The van der Waals surface area contributed by atoms with E-state index in [1.807, 2.05) is 48.5 Å². The van der Waals surface area contributed by atoms with Gasteiger partial charge in [0.2, 0.25) is 5.91 Å². The third kappa shape index (κ3) is 6.52. The molecule has 2 unspecified atom stereocenters. The number of carboxylic acid groups (broad SMARTS) is 1. The molecule has 0 bridgehead atoms. The standard InChI is InChI=1S/C25H27F3N2O5/c1-2-7-15(23(33)30-21(12-22(31)32)25(26,27)28)13-29-24(34)35-14-20-18-10-5-3-8-16(18)17-9-4-6-11-19(17)20/h3-6,8-11,15,20-21H,2,7,12-14H2,1H3,(H,29,34)(H,30,33)(H,31,32). The summed E-state index contributed by atoms with van der Waals surface area (Å²) in [6.07, 6.45) is -6.31. The molecule has 3 N–H and O–H groups in total. The number of hydrogen-bond acceptors (Lipinski definition) is 4. The molecular formula is C25H27F3N2O5. The number of fused-ring (bicyclic) bond motifs is 3. The Kier molecular flexibility index (Phi) is 8.37. The van der Waals surface area contributed by atoms with Crippen LogP contribution in [0.15, 0.2) is 48.5 Å². The van der Waals surface area contributed by atoms with Crippen molar-refractivity contribution in [1.29, 1.82) is 0 Å². The number of amides is 2. The number of carboxylic acids is 1. The number of halogens is 3. The maximum atomic E-state index is 13.1. The molecule has 2 amide bonds. The molecule has 1 aliphatic rings. The van der Waals surface area contributed by atoms with E-state index in [1.165, 1.54) is 0 Å². The summed E-state index contributed by atoms with van der Waals surface area (Å²) >= 11 is 0. The van der Waals surface area contributed by atoms with Gasteiger partial charge >= 0.3 is 18.2 Å². The van der Waals surface area contributed by atoms with E-state index in [9.17, 15) is 27.6 Å². The van der Waals surface area contributed by atoms with Crippen LogP contribution in [0.3, 0.4) is 0 Å². The van der Waals surface area contributed by atoms with Crippen molar-refractivity contribution in [2.75, 3.05) is 13.2 Å². The Balaban J connectivity index is 1.58. The second-order valence-electron chi connectivity index (χ2n) is 8.39. The van der Waals surface area contributed by atoms with Crippen LogP contribution in [-0.2, 0) is 14.3 Å². The molecule has 2 atom stereocenters. The van der Waals surface area contributed by atoms with E-state index in [2.05, 4.69) is 5.32 Å². The van der Waals surface area contributed by atoms with Crippen molar-refractivity contribution in [3.05, 3.63) is 59.7 Å². The number of alkyl carbamates (subject to hydrolysis) is 1. The summed E-state index contributed by atoms with van der Waals surface area (Å²) in [7, 11) is 0. The van der Waals surface area contributed by atoms with Crippen LogP contribution in [0.2, 0.25) is 0 Å². The maximum Gasteiger partial charge on any atom is 0.409 e. The first-order valence-corrected chi connectivity index (χ1v) is 11.3. The van der Waals surface area contributed by atoms with Crippen molar-refractivity contribution in [3.8, 4) is 11.1 Å². The smallest absolute Gasteiger partial charge is 0.409 e. The van der Waals surface area contributed by atoms with Crippen LogP contribution < -0.4 is 10.6 Å². The second-order valence-corrected chi connectivity index (χ2v) is 8.39. The van der Waals surface area contributed by atoms with Gasteiger partial charge in [-0.1, -0.05) is 61.9 Å². The monoisotopic (exact) mass is 492 g/mol. The Morgan fingerprint density at radius 3 is 2.11 bits per heavy atom. The molecule has 0 saturated heterocycles. The van der Waals surface area contributed by atoms with Gasteiger partial charge in [-0.05, 0) is 28.7 Å². The van der Waals surface area contributed by atoms with Crippen molar-refractivity contribution < 1.29 is 37.4 Å². The van der Waals surface area contributed by atoms with Crippen molar-refractivity contribution >= 4 is 18.0 Å². The molecule has 7 nitrogen and oxygen atoms in total. The summed E-state index contributed by atoms with van der Waals surface area (Å²) in [5.41, 5.74) is 4.19. The molecular weight excluding hydrogens is 465 g/mol. The Morgan fingerprint density at radius 1 is 1.03 bits per heavy atom. The molecule has 0 saturated carbocycles. The van der Waals surface area contributed by atoms with Crippen LogP contribution in [0.25, 0.3) is 11.1 Å². The van der Waals surface area contributed by atoms with E-state index in [-0.39, 0.29) is 25.5 Å². The predicted octanol–water partition coefficient (Wildman–Crippen LogP) is 4.46. The number of aliphatic carboxylic acids is 1. The summed E-state index contributed by atoms with van der Waals surface area (Å²) in [5.74, 6) is -3.80. The van der Waals surface area contributed by atoms with Crippen molar-refractivity contribution in [2.24, 2.45) is 5.92 Å². The SMILES string of the molecule is CCCC(CNC(=O)OCC1c2ccccc2-c2ccccc21)C(=O)NC(CC(=O)O)C(F)(F)F. The van der Waals surface area contributed by atoms with Crippen molar-refractivity contribution in [1.82, 2.24) is 10.6 Å². The zero-order valence-electron chi connectivity index (χ0n) is 19.1. The molecule has 0 aliphatic heterocycles. The topological polar surface area (TPSA) is 105 Å². The van der Waals surface area contributed by atoms with Gasteiger partial charge in [-0.2, -0.15) is 13.2 Å². The van der Waals surface area contributed by atoms with Crippen LogP contribution in [-0.4, -0.2) is 48.4 Å². The average Bonchev–Trinajstić information content (AvgIpc) is 3.12. The maximum absolute atomic E-state index is 13.1. The van der Waals surface area contributed by atoms with E-state index in [1.54, 1.807) is 12.2 Å². The van der Waals surface area contributed by atoms with Gasteiger partial charge in [-0.25, -0.2) is 4.79 Å². The number of benzene rings is 2. The molecule has 0 fully saturated rings. The molecule has 35 heavy (non-hydrogen) atoms. The fraction of sp³-hybridized carbons (Fsp3) is 0.400. The number of carbonyl (C=O) groups is 3. The quantitative estimate of drug-likeness (QED) is 0.454. The molecule has 0 radical (unpaired) electrons. The highest BCUT2D eigenvalue weighted by Crippen LogP contribution is 2.44. The van der Waals surface area contributed by atoms with E-state index in [0.717, 1.165) is 22.3 Å². The number of alkyl halides is 3. The van der Waals surface area contributed by atoms with Crippen LogP contribution >= 0.6 is 0 Å². The number of nitrogens with one attached hydrogen (secondary N) is 2. The lowest BCUT2D eigenvalue weighted by Crippen LogP contribution is -2.50. The Bertz CT molecular complexity index is 1030.